The summed E-state index contributed by atoms with van der Waals surface area (Å²) in [5, 5.41) is 0. The van der Waals surface area contributed by atoms with Gasteiger partial charge in [0.05, 0.1) is 0 Å². The fourth-order valence-electron chi connectivity index (χ4n) is 1.05. The normalized spacial score (nSPS) is 9.40. The van der Waals surface area contributed by atoms with Gasteiger partial charge in [-0.25, -0.2) is 0 Å². The SMILES string of the molecule is C=C(C)c1ccccc1C. The standard InChI is InChI=1S/C10H12/c1-8(2)10-7-5-4-6-9(10)3/h4-7H,1H2,2-3H3. The highest BCUT2D eigenvalue weighted by Gasteiger charge is 1.94. The maximum atomic E-state index is 3.89. The van der Waals surface area contributed by atoms with Crippen LogP contribution < -0.4 is 0 Å². The van der Waals surface area contributed by atoms with E-state index in [0.717, 1.165) is 5.57 Å². The summed E-state index contributed by atoms with van der Waals surface area (Å²) >= 11 is 0. The predicted molar refractivity (Wildman–Crippen MR) is 45.9 cm³/mol. The van der Waals surface area contributed by atoms with Crippen LogP contribution in [0.4, 0.5) is 0 Å². The van der Waals surface area contributed by atoms with Crippen LogP contribution in [-0.4, -0.2) is 0 Å². The van der Waals surface area contributed by atoms with E-state index in [1.165, 1.54) is 11.1 Å². The smallest absolute Gasteiger partial charge is 0.0204 e. The zero-order valence-corrected chi connectivity index (χ0v) is 6.52. The Labute approximate surface area is 62.2 Å². The van der Waals surface area contributed by atoms with Gasteiger partial charge in [-0.3, -0.25) is 0 Å². The van der Waals surface area contributed by atoms with E-state index in [2.05, 4.69) is 25.6 Å². The van der Waals surface area contributed by atoms with E-state index in [0.29, 0.717) is 0 Å². The summed E-state index contributed by atoms with van der Waals surface area (Å²) in [6, 6.07) is 8.28. The fraction of sp³-hybridized carbons (Fsp3) is 0.200. The Bertz CT molecular complexity index is 246. The van der Waals surface area contributed by atoms with Crippen LogP contribution in [0.15, 0.2) is 30.8 Å². The Kier molecular flexibility index (Phi) is 1.91. The average Bonchev–Trinajstić information content (AvgIpc) is 1.88. The summed E-state index contributed by atoms with van der Waals surface area (Å²) in [6.45, 7) is 8.02. The van der Waals surface area contributed by atoms with E-state index in [4.69, 9.17) is 0 Å². The third-order valence-electron chi connectivity index (χ3n) is 1.60. The van der Waals surface area contributed by atoms with Crippen molar-refractivity contribution in [1.82, 2.24) is 0 Å². The third kappa shape index (κ3) is 1.27. The van der Waals surface area contributed by atoms with E-state index in [1.807, 2.05) is 19.1 Å². The lowest BCUT2D eigenvalue weighted by Gasteiger charge is -2.02. The molecule has 0 unspecified atom stereocenters. The summed E-state index contributed by atoms with van der Waals surface area (Å²) in [4.78, 5) is 0. The Morgan fingerprint density at radius 2 is 1.90 bits per heavy atom. The molecule has 0 spiro atoms. The van der Waals surface area contributed by atoms with Gasteiger partial charge in [0.25, 0.3) is 0 Å². The molecular formula is C10H12. The molecule has 0 amide bonds. The third-order valence-corrected chi connectivity index (χ3v) is 1.60. The van der Waals surface area contributed by atoms with E-state index in [-0.39, 0.29) is 0 Å². The van der Waals surface area contributed by atoms with Crippen molar-refractivity contribution in [3.8, 4) is 0 Å². The highest BCUT2D eigenvalue weighted by Crippen LogP contribution is 2.14. The average molecular weight is 132 g/mol. The van der Waals surface area contributed by atoms with E-state index < -0.39 is 0 Å². The molecule has 0 saturated carbocycles. The highest BCUT2D eigenvalue weighted by atomic mass is 14.0. The van der Waals surface area contributed by atoms with Crippen molar-refractivity contribution in [3.05, 3.63) is 42.0 Å². The lowest BCUT2D eigenvalue weighted by molar-refractivity contribution is 1.41. The van der Waals surface area contributed by atoms with Gasteiger partial charge in [-0.2, -0.15) is 0 Å². The van der Waals surface area contributed by atoms with Gasteiger partial charge in [-0.05, 0) is 25.0 Å². The minimum Gasteiger partial charge on any atom is -0.0955 e. The van der Waals surface area contributed by atoms with E-state index in [9.17, 15) is 0 Å². The maximum absolute atomic E-state index is 3.89. The number of rotatable bonds is 1. The van der Waals surface area contributed by atoms with Crippen LogP contribution >= 0.6 is 0 Å². The van der Waals surface area contributed by atoms with Crippen LogP contribution in [0.3, 0.4) is 0 Å². The maximum Gasteiger partial charge on any atom is -0.0204 e. The van der Waals surface area contributed by atoms with Crippen LogP contribution in [-0.2, 0) is 0 Å². The quantitative estimate of drug-likeness (QED) is 0.551. The van der Waals surface area contributed by atoms with Crippen molar-refractivity contribution in [2.24, 2.45) is 0 Å². The zero-order valence-electron chi connectivity index (χ0n) is 6.52. The lowest BCUT2D eigenvalue weighted by atomic mass is 10.0. The van der Waals surface area contributed by atoms with Gasteiger partial charge in [0.15, 0.2) is 0 Å². The van der Waals surface area contributed by atoms with Gasteiger partial charge < -0.3 is 0 Å². The van der Waals surface area contributed by atoms with Gasteiger partial charge >= 0.3 is 0 Å². The van der Waals surface area contributed by atoms with Gasteiger partial charge in [-0.15, -0.1) is 0 Å². The molecular weight excluding hydrogens is 120 g/mol. The largest absolute Gasteiger partial charge is 0.0955 e. The van der Waals surface area contributed by atoms with Crippen molar-refractivity contribution in [1.29, 1.82) is 0 Å². The second kappa shape index (κ2) is 2.70. The molecule has 1 aromatic rings. The van der Waals surface area contributed by atoms with Crippen molar-refractivity contribution in [3.63, 3.8) is 0 Å². The summed E-state index contributed by atoms with van der Waals surface area (Å²) in [7, 11) is 0. The Balaban J connectivity index is 3.15. The molecule has 0 aromatic heterocycles. The molecule has 0 aliphatic carbocycles. The molecule has 1 rings (SSSR count). The molecule has 0 atom stereocenters. The minimum atomic E-state index is 1.14. The Morgan fingerprint density at radius 1 is 1.30 bits per heavy atom. The Hall–Kier alpha value is -1.04. The van der Waals surface area contributed by atoms with Crippen LogP contribution in [0.1, 0.15) is 18.1 Å². The number of hydrogen-bond donors (Lipinski definition) is 0. The number of hydrogen-bond acceptors (Lipinski definition) is 0. The molecule has 0 aliphatic rings. The highest BCUT2D eigenvalue weighted by molar-refractivity contribution is 5.63. The summed E-state index contributed by atoms with van der Waals surface area (Å²) in [6.07, 6.45) is 0. The molecule has 0 aliphatic heterocycles. The fourth-order valence-corrected chi connectivity index (χ4v) is 1.05. The monoisotopic (exact) mass is 132 g/mol. The van der Waals surface area contributed by atoms with Crippen molar-refractivity contribution < 1.29 is 0 Å². The molecule has 52 valence electrons. The first-order valence-electron chi connectivity index (χ1n) is 3.43. The molecule has 10 heavy (non-hydrogen) atoms. The first kappa shape index (κ1) is 7.07. The number of aryl methyl sites for hydroxylation is 1. The molecule has 0 radical (unpaired) electrons. The summed E-state index contributed by atoms with van der Waals surface area (Å²) < 4.78 is 0. The van der Waals surface area contributed by atoms with E-state index >= 15 is 0 Å². The molecule has 0 N–H and O–H groups in total. The van der Waals surface area contributed by atoms with E-state index in [1.54, 1.807) is 0 Å². The molecule has 0 nitrogen and oxygen atoms in total. The lowest BCUT2D eigenvalue weighted by Crippen LogP contribution is -1.81. The van der Waals surface area contributed by atoms with Crippen molar-refractivity contribution in [2.45, 2.75) is 13.8 Å². The van der Waals surface area contributed by atoms with Gasteiger partial charge in [0.2, 0.25) is 0 Å². The molecule has 0 fully saturated rings. The van der Waals surface area contributed by atoms with Crippen molar-refractivity contribution in [2.75, 3.05) is 0 Å². The van der Waals surface area contributed by atoms with Gasteiger partial charge in [-0.1, -0.05) is 36.4 Å². The first-order valence-corrected chi connectivity index (χ1v) is 3.43. The van der Waals surface area contributed by atoms with Crippen molar-refractivity contribution >= 4 is 5.57 Å². The predicted octanol–water partition coefficient (Wildman–Crippen LogP) is 3.03. The molecule has 1 aromatic carbocycles. The van der Waals surface area contributed by atoms with Crippen LogP contribution in [0, 0.1) is 6.92 Å². The molecule has 0 heterocycles. The van der Waals surface area contributed by atoms with Gasteiger partial charge in [0.1, 0.15) is 0 Å². The Morgan fingerprint density at radius 3 is 2.30 bits per heavy atom. The van der Waals surface area contributed by atoms with Crippen LogP contribution in [0.25, 0.3) is 5.57 Å². The molecule has 0 saturated heterocycles. The van der Waals surface area contributed by atoms with Crippen LogP contribution in [0.2, 0.25) is 0 Å². The second-order valence-corrected chi connectivity index (χ2v) is 2.60. The topological polar surface area (TPSA) is 0 Å². The van der Waals surface area contributed by atoms with Gasteiger partial charge in [0, 0.05) is 0 Å². The number of benzene rings is 1. The number of allylic oxidation sites excluding steroid dienone is 1. The first-order chi connectivity index (χ1) is 4.72. The molecule has 0 bridgehead atoms. The summed E-state index contributed by atoms with van der Waals surface area (Å²) in [5.74, 6) is 0. The summed E-state index contributed by atoms with van der Waals surface area (Å²) in [5.41, 5.74) is 3.70. The second-order valence-electron chi connectivity index (χ2n) is 2.60. The van der Waals surface area contributed by atoms with Crippen LogP contribution in [0.5, 0.6) is 0 Å². The minimum absolute atomic E-state index is 1.14. The molecule has 0 heteroatoms. The zero-order chi connectivity index (χ0) is 7.56.